The molecule has 1 unspecified atom stereocenters. The summed E-state index contributed by atoms with van der Waals surface area (Å²) in [7, 11) is -1.50. The van der Waals surface area contributed by atoms with E-state index in [0.29, 0.717) is 13.1 Å². The van der Waals surface area contributed by atoms with E-state index >= 15 is 0 Å². The van der Waals surface area contributed by atoms with Crippen LogP contribution in [-0.2, 0) is 16.4 Å². The van der Waals surface area contributed by atoms with Crippen molar-refractivity contribution in [1.82, 2.24) is 10.0 Å². The van der Waals surface area contributed by atoms with Crippen molar-refractivity contribution in [2.24, 2.45) is 0 Å². The highest BCUT2D eigenvalue weighted by atomic mass is 32.2. The summed E-state index contributed by atoms with van der Waals surface area (Å²) in [5, 5.41) is 3.33. The maximum Gasteiger partial charge on any atom is 0.212 e. The summed E-state index contributed by atoms with van der Waals surface area (Å²) in [6.45, 7) is 2.67. The normalized spacial score (nSPS) is 18.0. The molecule has 0 fully saturated rings. The minimum atomic E-state index is -3.15. The van der Waals surface area contributed by atoms with Gasteiger partial charge in [-0.25, -0.2) is 13.1 Å². The van der Waals surface area contributed by atoms with E-state index < -0.39 is 10.0 Å². The van der Waals surface area contributed by atoms with E-state index in [-0.39, 0.29) is 11.8 Å². The van der Waals surface area contributed by atoms with E-state index in [1.54, 1.807) is 14.0 Å². The monoisotopic (exact) mass is 298 g/mol. The van der Waals surface area contributed by atoms with Crippen LogP contribution in [0.3, 0.4) is 0 Å². The van der Waals surface area contributed by atoms with Gasteiger partial charge in [-0.1, -0.05) is 13.0 Å². The van der Waals surface area contributed by atoms with Crippen LogP contribution in [0.1, 0.15) is 30.5 Å². The van der Waals surface area contributed by atoms with Crippen LogP contribution in [0.4, 0.5) is 0 Å². The van der Waals surface area contributed by atoms with Gasteiger partial charge in [0, 0.05) is 19.1 Å². The summed E-state index contributed by atoms with van der Waals surface area (Å²) < 4.78 is 30.9. The second-order valence-corrected chi connectivity index (χ2v) is 6.85. The summed E-state index contributed by atoms with van der Waals surface area (Å²) in [4.78, 5) is 0. The second kappa shape index (κ2) is 6.56. The van der Waals surface area contributed by atoms with Gasteiger partial charge >= 0.3 is 0 Å². The molecule has 0 bridgehead atoms. The molecule has 0 saturated carbocycles. The number of fused-ring (bicyclic) bond motifs is 1. The van der Waals surface area contributed by atoms with Gasteiger partial charge in [-0.3, -0.25) is 0 Å². The molecule has 6 heteroatoms. The molecule has 1 aliphatic carbocycles. The van der Waals surface area contributed by atoms with Crippen LogP contribution >= 0.6 is 0 Å². The molecule has 0 aliphatic heterocycles. The third kappa shape index (κ3) is 3.71. The Morgan fingerprint density at radius 2 is 2.20 bits per heavy atom. The molecule has 2 rings (SSSR count). The van der Waals surface area contributed by atoms with Crippen molar-refractivity contribution in [2.45, 2.75) is 25.8 Å². The highest BCUT2D eigenvalue weighted by Gasteiger charge is 2.22. The first kappa shape index (κ1) is 15.3. The standard InChI is InChI=1S/C14H22N2O3S/c1-3-16-20(17,18)9-8-15-14-7-5-11-4-6-12(19-2)10-13(11)14/h4,6,10,14-16H,3,5,7-9H2,1-2H3. The number of hydrogen-bond donors (Lipinski definition) is 2. The number of hydrogen-bond acceptors (Lipinski definition) is 4. The number of aryl methyl sites for hydroxylation is 1. The lowest BCUT2D eigenvalue weighted by Crippen LogP contribution is -2.32. The van der Waals surface area contributed by atoms with Gasteiger partial charge in [-0.05, 0) is 36.1 Å². The van der Waals surface area contributed by atoms with Crippen molar-refractivity contribution in [3.8, 4) is 5.75 Å². The van der Waals surface area contributed by atoms with Crippen LogP contribution in [0, 0.1) is 0 Å². The zero-order chi connectivity index (χ0) is 14.6. The minimum absolute atomic E-state index is 0.108. The molecule has 1 aromatic rings. The van der Waals surface area contributed by atoms with Gasteiger partial charge in [-0.2, -0.15) is 0 Å². The lowest BCUT2D eigenvalue weighted by Gasteiger charge is -2.15. The quantitative estimate of drug-likeness (QED) is 0.794. The fourth-order valence-electron chi connectivity index (χ4n) is 2.58. The number of benzene rings is 1. The van der Waals surface area contributed by atoms with Gasteiger partial charge in [0.2, 0.25) is 10.0 Å². The Balaban J connectivity index is 1.94. The van der Waals surface area contributed by atoms with Crippen molar-refractivity contribution in [3.63, 3.8) is 0 Å². The second-order valence-electron chi connectivity index (χ2n) is 4.93. The third-order valence-electron chi connectivity index (χ3n) is 3.56. The first-order chi connectivity index (χ1) is 9.55. The molecule has 20 heavy (non-hydrogen) atoms. The molecule has 0 amide bonds. The van der Waals surface area contributed by atoms with Crippen molar-refractivity contribution >= 4 is 10.0 Å². The number of nitrogens with one attached hydrogen (secondary N) is 2. The average Bonchev–Trinajstić information content (AvgIpc) is 2.81. The fourth-order valence-corrected chi connectivity index (χ4v) is 3.55. The van der Waals surface area contributed by atoms with Crippen molar-refractivity contribution in [2.75, 3.05) is 26.0 Å². The summed E-state index contributed by atoms with van der Waals surface area (Å²) in [5.41, 5.74) is 2.54. The lowest BCUT2D eigenvalue weighted by atomic mass is 10.1. The Kier molecular flexibility index (Phi) is 5.01. The Bertz CT molecular complexity index is 558. The van der Waals surface area contributed by atoms with Crippen molar-refractivity contribution in [1.29, 1.82) is 0 Å². The van der Waals surface area contributed by atoms with Gasteiger partial charge in [0.1, 0.15) is 5.75 Å². The summed E-state index contributed by atoms with van der Waals surface area (Å²) in [5.74, 6) is 0.953. The highest BCUT2D eigenvalue weighted by molar-refractivity contribution is 7.89. The van der Waals surface area contributed by atoms with E-state index in [1.807, 2.05) is 12.1 Å². The molecular weight excluding hydrogens is 276 g/mol. The SMILES string of the molecule is CCNS(=O)(=O)CCNC1CCc2ccc(OC)cc21. The number of ether oxygens (including phenoxy) is 1. The number of sulfonamides is 1. The van der Waals surface area contributed by atoms with Gasteiger partial charge < -0.3 is 10.1 Å². The molecule has 0 radical (unpaired) electrons. The van der Waals surface area contributed by atoms with Crippen LogP contribution in [-0.4, -0.2) is 34.4 Å². The van der Waals surface area contributed by atoms with Gasteiger partial charge in [0.05, 0.1) is 12.9 Å². The molecule has 112 valence electrons. The maximum absolute atomic E-state index is 11.6. The smallest absolute Gasteiger partial charge is 0.212 e. The molecule has 5 nitrogen and oxygen atoms in total. The minimum Gasteiger partial charge on any atom is -0.497 e. The van der Waals surface area contributed by atoms with Gasteiger partial charge in [-0.15, -0.1) is 0 Å². The largest absolute Gasteiger partial charge is 0.497 e. The predicted octanol–water partition coefficient (Wildman–Crippen LogP) is 1.21. The molecule has 2 N–H and O–H groups in total. The van der Waals surface area contributed by atoms with Crippen molar-refractivity contribution in [3.05, 3.63) is 29.3 Å². The highest BCUT2D eigenvalue weighted by Crippen LogP contribution is 2.33. The summed E-state index contributed by atoms with van der Waals surface area (Å²) in [6, 6.07) is 6.32. The van der Waals surface area contributed by atoms with E-state index in [2.05, 4.69) is 16.1 Å². The molecule has 1 aliphatic rings. The Hall–Kier alpha value is -1.11. The van der Waals surface area contributed by atoms with E-state index in [0.717, 1.165) is 18.6 Å². The number of methoxy groups -OCH3 is 1. The van der Waals surface area contributed by atoms with Crippen LogP contribution in [0.25, 0.3) is 0 Å². The van der Waals surface area contributed by atoms with Crippen LogP contribution in [0.5, 0.6) is 5.75 Å². The third-order valence-corrected chi connectivity index (χ3v) is 5.03. The van der Waals surface area contributed by atoms with Crippen LogP contribution < -0.4 is 14.8 Å². The molecule has 0 aromatic heterocycles. The van der Waals surface area contributed by atoms with E-state index in [4.69, 9.17) is 4.74 Å². The molecule has 1 aromatic carbocycles. The first-order valence-electron chi connectivity index (χ1n) is 6.93. The zero-order valence-electron chi connectivity index (χ0n) is 12.0. The molecule has 0 heterocycles. The Morgan fingerprint density at radius 3 is 2.90 bits per heavy atom. The van der Waals surface area contributed by atoms with Crippen molar-refractivity contribution < 1.29 is 13.2 Å². The molecular formula is C14H22N2O3S. The Morgan fingerprint density at radius 1 is 1.40 bits per heavy atom. The van der Waals surface area contributed by atoms with Gasteiger partial charge in [0.15, 0.2) is 0 Å². The topological polar surface area (TPSA) is 67.4 Å². The maximum atomic E-state index is 11.6. The molecule has 0 saturated heterocycles. The number of rotatable bonds is 7. The van der Waals surface area contributed by atoms with Crippen LogP contribution in [0.15, 0.2) is 18.2 Å². The predicted molar refractivity (Wildman–Crippen MR) is 79.5 cm³/mol. The first-order valence-corrected chi connectivity index (χ1v) is 8.58. The lowest BCUT2D eigenvalue weighted by molar-refractivity contribution is 0.413. The molecule has 0 spiro atoms. The van der Waals surface area contributed by atoms with Gasteiger partial charge in [0.25, 0.3) is 0 Å². The summed E-state index contributed by atoms with van der Waals surface area (Å²) in [6.07, 6.45) is 2.03. The molecule has 1 atom stereocenters. The summed E-state index contributed by atoms with van der Waals surface area (Å²) >= 11 is 0. The fraction of sp³-hybridized carbons (Fsp3) is 0.571. The Labute approximate surface area is 120 Å². The van der Waals surface area contributed by atoms with Crippen LogP contribution in [0.2, 0.25) is 0 Å². The average molecular weight is 298 g/mol. The van der Waals surface area contributed by atoms with E-state index in [1.165, 1.54) is 11.1 Å². The van der Waals surface area contributed by atoms with E-state index in [9.17, 15) is 8.42 Å². The zero-order valence-corrected chi connectivity index (χ0v) is 12.8.